The van der Waals surface area contributed by atoms with Crippen LogP contribution in [0, 0.1) is 6.92 Å². The van der Waals surface area contributed by atoms with Gasteiger partial charge in [0.15, 0.2) is 0 Å². The Hall–Kier alpha value is -0.560. The van der Waals surface area contributed by atoms with Crippen molar-refractivity contribution in [3.8, 4) is 0 Å². The van der Waals surface area contributed by atoms with Crippen molar-refractivity contribution in [2.75, 3.05) is 5.33 Å². The summed E-state index contributed by atoms with van der Waals surface area (Å²) in [6, 6.07) is 8.41. The molecule has 12 heavy (non-hydrogen) atoms. The van der Waals surface area contributed by atoms with Crippen LogP contribution in [0.4, 0.5) is 0 Å². The van der Waals surface area contributed by atoms with E-state index in [0.29, 0.717) is 0 Å². The number of allylic oxidation sites excluding steroid dienone is 1. The Morgan fingerprint density at radius 2 is 2.08 bits per heavy atom. The fourth-order valence-electron chi connectivity index (χ4n) is 1.05. The monoisotopic (exact) mass is 224 g/mol. The van der Waals surface area contributed by atoms with E-state index in [1.165, 1.54) is 11.1 Å². The Morgan fingerprint density at radius 1 is 1.33 bits per heavy atom. The largest absolute Gasteiger partial charge is 0.0925 e. The first-order chi connectivity index (χ1) is 5.84. The Kier molecular flexibility index (Phi) is 4.09. The summed E-state index contributed by atoms with van der Waals surface area (Å²) in [5, 5.41) is 1.04. The first-order valence-electron chi connectivity index (χ1n) is 4.12. The van der Waals surface area contributed by atoms with Gasteiger partial charge in [-0.3, -0.25) is 0 Å². The summed E-state index contributed by atoms with van der Waals surface area (Å²) in [6.07, 6.45) is 5.46. The minimum Gasteiger partial charge on any atom is -0.0925 e. The third kappa shape index (κ3) is 2.82. The Bertz CT molecular complexity index is 263. The molecule has 0 aliphatic carbocycles. The molecule has 1 rings (SSSR count). The Labute approximate surface area is 82.4 Å². The number of benzene rings is 1. The summed E-state index contributed by atoms with van der Waals surface area (Å²) < 4.78 is 0. The van der Waals surface area contributed by atoms with Crippen molar-refractivity contribution in [3.05, 3.63) is 41.5 Å². The van der Waals surface area contributed by atoms with Crippen molar-refractivity contribution >= 4 is 22.0 Å². The first-order valence-corrected chi connectivity index (χ1v) is 5.25. The zero-order valence-corrected chi connectivity index (χ0v) is 8.84. The van der Waals surface area contributed by atoms with Crippen molar-refractivity contribution in [1.29, 1.82) is 0 Å². The van der Waals surface area contributed by atoms with E-state index in [0.717, 1.165) is 11.8 Å². The predicted octanol–water partition coefficient (Wildman–Crippen LogP) is 3.79. The molecule has 1 aromatic carbocycles. The predicted molar refractivity (Wildman–Crippen MR) is 58.6 cm³/mol. The number of hydrogen-bond donors (Lipinski definition) is 0. The van der Waals surface area contributed by atoms with E-state index in [9.17, 15) is 0 Å². The second-order valence-electron chi connectivity index (χ2n) is 2.74. The molecule has 0 amide bonds. The van der Waals surface area contributed by atoms with Crippen LogP contribution >= 0.6 is 15.9 Å². The number of hydrogen-bond acceptors (Lipinski definition) is 0. The van der Waals surface area contributed by atoms with Gasteiger partial charge in [-0.05, 0) is 24.5 Å². The number of alkyl halides is 1. The zero-order chi connectivity index (χ0) is 8.81. The van der Waals surface area contributed by atoms with Crippen LogP contribution in [0.5, 0.6) is 0 Å². The molecule has 0 unspecified atom stereocenters. The molecule has 0 nitrogen and oxygen atoms in total. The summed E-state index contributed by atoms with van der Waals surface area (Å²) in [4.78, 5) is 0. The molecule has 0 saturated heterocycles. The van der Waals surface area contributed by atoms with Gasteiger partial charge in [0.2, 0.25) is 0 Å². The normalized spacial score (nSPS) is 10.8. The van der Waals surface area contributed by atoms with Gasteiger partial charge in [0.05, 0.1) is 0 Å². The lowest BCUT2D eigenvalue weighted by molar-refractivity contribution is 1.27. The molecular weight excluding hydrogens is 212 g/mol. The second kappa shape index (κ2) is 5.15. The van der Waals surface area contributed by atoms with E-state index in [1.54, 1.807) is 0 Å². The van der Waals surface area contributed by atoms with E-state index in [4.69, 9.17) is 0 Å². The van der Waals surface area contributed by atoms with Gasteiger partial charge in [0.1, 0.15) is 0 Å². The van der Waals surface area contributed by atoms with Crippen molar-refractivity contribution in [1.82, 2.24) is 0 Å². The molecule has 1 aromatic rings. The second-order valence-corrected chi connectivity index (χ2v) is 3.53. The summed E-state index contributed by atoms with van der Waals surface area (Å²) in [5.41, 5.74) is 2.65. The van der Waals surface area contributed by atoms with E-state index in [-0.39, 0.29) is 0 Å². The number of rotatable bonds is 3. The van der Waals surface area contributed by atoms with Gasteiger partial charge in [0.25, 0.3) is 0 Å². The minimum absolute atomic E-state index is 1.04. The fraction of sp³-hybridized carbons (Fsp3) is 0.273. The maximum atomic E-state index is 3.39. The number of halogens is 1. The molecule has 1 heteroatoms. The maximum Gasteiger partial charge on any atom is 0.00660 e. The van der Waals surface area contributed by atoms with Crippen molar-refractivity contribution < 1.29 is 0 Å². The van der Waals surface area contributed by atoms with Gasteiger partial charge < -0.3 is 0 Å². The van der Waals surface area contributed by atoms with E-state index < -0.39 is 0 Å². The van der Waals surface area contributed by atoms with Crippen molar-refractivity contribution in [2.24, 2.45) is 0 Å². The third-order valence-corrected chi connectivity index (χ3v) is 2.22. The minimum atomic E-state index is 1.04. The fourth-order valence-corrected chi connectivity index (χ4v) is 1.31. The van der Waals surface area contributed by atoms with Gasteiger partial charge in [-0.25, -0.2) is 0 Å². The zero-order valence-electron chi connectivity index (χ0n) is 7.26. The topological polar surface area (TPSA) is 0 Å². The molecule has 0 fully saturated rings. The average Bonchev–Trinajstić information content (AvgIpc) is 2.09. The van der Waals surface area contributed by atoms with E-state index >= 15 is 0 Å². The quantitative estimate of drug-likeness (QED) is 0.686. The molecule has 0 aromatic heterocycles. The van der Waals surface area contributed by atoms with Crippen LogP contribution in [0.1, 0.15) is 17.5 Å². The summed E-state index contributed by atoms with van der Waals surface area (Å²) in [7, 11) is 0. The van der Waals surface area contributed by atoms with Gasteiger partial charge in [-0.15, -0.1) is 0 Å². The highest BCUT2D eigenvalue weighted by molar-refractivity contribution is 9.09. The SMILES string of the molecule is Cc1ccccc1/C=C/CCBr. The lowest BCUT2D eigenvalue weighted by Crippen LogP contribution is -1.77. The standard InChI is InChI=1S/C11H13Br/c1-10-6-2-3-7-11(10)8-4-5-9-12/h2-4,6-8H,5,9H2,1H3/b8-4+. The van der Waals surface area contributed by atoms with Crippen LogP contribution in [0.3, 0.4) is 0 Å². The Balaban J connectivity index is 2.68. The smallest absolute Gasteiger partial charge is 0.00660 e. The molecule has 0 aliphatic heterocycles. The van der Waals surface area contributed by atoms with Crippen LogP contribution in [0.2, 0.25) is 0 Å². The van der Waals surface area contributed by atoms with Crippen molar-refractivity contribution in [2.45, 2.75) is 13.3 Å². The van der Waals surface area contributed by atoms with Crippen LogP contribution in [-0.4, -0.2) is 5.33 Å². The Morgan fingerprint density at radius 3 is 2.75 bits per heavy atom. The number of aryl methyl sites for hydroxylation is 1. The van der Waals surface area contributed by atoms with E-state index in [2.05, 4.69) is 59.3 Å². The average molecular weight is 225 g/mol. The highest BCUT2D eigenvalue weighted by atomic mass is 79.9. The van der Waals surface area contributed by atoms with Gasteiger partial charge >= 0.3 is 0 Å². The molecule has 0 atom stereocenters. The maximum absolute atomic E-state index is 3.39. The van der Waals surface area contributed by atoms with Gasteiger partial charge in [-0.1, -0.05) is 52.3 Å². The molecular formula is C11H13Br. The summed E-state index contributed by atoms with van der Waals surface area (Å²) in [5.74, 6) is 0. The molecule has 0 N–H and O–H groups in total. The first kappa shape index (κ1) is 9.53. The molecule has 0 aliphatic rings. The highest BCUT2D eigenvalue weighted by Crippen LogP contribution is 2.09. The van der Waals surface area contributed by atoms with Crippen LogP contribution in [0.25, 0.3) is 6.08 Å². The van der Waals surface area contributed by atoms with E-state index in [1.807, 2.05) is 0 Å². The summed E-state index contributed by atoms with van der Waals surface area (Å²) >= 11 is 3.39. The molecule has 0 spiro atoms. The summed E-state index contributed by atoms with van der Waals surface area (Å²) in [6.45, 7) is 2.13. The van der Waals surface area contributed by atoms with Crippen molar-refractivity contribution in [3.63, 3.8) is 0 Å². The highest BCUT2D eigenvalue weighted by Gasteiger charge is 1.89. The van der Waals surface area contributed by atoms with Crippen LogP contribution < -0.4 is 0 Å². The molecule has 0 radical (unpaired) electrons. The van der Waals surface area contributed by atoms with Crippen LogP contribution in [0.15, 0.2) is 30.3 Å². The molecule has 0 bridgehead atoms. The lowest BCUT2D eigenvalue weighted by atomic mass is 10.1. The van der Waals surface area contributed by atoms with Gasteiger partial charge in [-0.2, -0.15) is 0 Å². The van der Waals surface area contributed by atoms with Gasteiger partial charge in [0, 0.05) is 5.33 Å². The molecule has 64 valence electrons. The lowest BCUT2D eigenvalue weighted by Gasteiger charge is -1.97. The molecule has 0 heterocycles. The third-order valence-electron chi connectivity index (χ3n) is 1.76. The molecule has 0 saturated carbocycles. The van der Waals surface area contributed by atoms with Crippen LogP contribution in [-0.2, 0) is 0 Å².